The number of benzene rings is 3. The SMILES string of the molecule is CC(=O)c1cccc(NC(=O)[C@@H](C)OC(=O)c2ccccc2C(=O)c2ccccc2)c1. The van der Waals surface area contributed by atoms with E-state index in [4.69, 9.17) is 4.74 Å². The maximum Gasteiger partial charge on any atom is 0.339 e. The number of hydrogen-bond acceptors (Lipinski definition) is 5. The van der Waals surface area contributed by atoms with E-state index in [2.05, 4.69) is 5.32 Å². The molecule has 1 N–H and O–H groups in total. The number of nitrogens with one attached hydrogen (secondary N) is 1. The molecule has 0 spiro atoms. The van der Waals surface area contributed by atoms with Crippen molar-refractivity contribution in [3.63, 3.8) is 0 Å². The van der Waals surface area contributed by atoms with E-state index >= 15 is 0 Å². The van der Waals surface area contributed by atoms with E-state index in [1.165, 1.54) is 19.9 Å². The van der Waals surface area contributed by atoms with Gasteiger partial charge in [-0.05, 0) is 32.0 Å². The van der Waals surface area contributed by atoms with Gasteiger partial charge in [0.25, 0.3) is 5.91 Å². The Morgan fingerprint density at radius 2 is 1.39 bits per heavy atom. The van der Waals surface area contributed by atoms with Crippen LogP contribution in [0, 0.1) is 0 Å². The molecule has 0 saturated carbocycles. The largest absolute Gasteiger partial charge is 0.449 e. The third kappa shape index (κ3) is 5.30. The van der Waals surface area contributed by atoms with Crippen LogP contribution >= 0.6 is 0 Å². The van der Waals surface area contributed by atoms with Crippen molar-refractivity contribution in [1.29, 1.82) is 0 Å². The number of carbonyl (C=O) groups is 4. The van der Waals surface area contributed by atoms with Crippen LogP contribution in [0.25, 0.3) is 0 Å². The van der Waals surface area contributed by atoms with Gasteiger partial charge in [-0.3, -0.25) is 14.4 Å². The molecule has 0 bridgehead atoms. The van der Waals surface area contributed by atoms with E-state index in [-0.39, 0.29) is 22.7 Å². The van der Waals surface area contributed by atoms with E-state index in [0.717, 1.165) is 0 Å². The number of carbonyl (C=O) groups excluding carboxylic acids is 4. The first-order valence-corrected chi connectivity index (χ1v) is 9.68. The highest BCUT2D eigenvalue weighted by Crippen LogP contribution is 2.17. The first kappa shape index (κ1) is 21.6. The van der Waals surface area contributed by atoms with Gasteiger partial charge in [0, 0.05) is 22.4 Å². The first-order valence-electron chi connectivity index (χ1n) is 9.68. The summed E-state index contributed by atoms with van der Waals surface area (Å²) in [4.78, 5) is 49.5. The molecule has 0 radical (unpaired) electrons. The number of rotatable bonds is 7. The number of amides is 1. The number of anilines is 1. The molecule has 31 heavy (non-hydrogen) atoms. The Hall–Kier alpha value is -4.06. The smallest absolute Gasteiger partial charge is 0.339 e. The summed E-state index contributed by atoms with van der Waals surface area (Å²) in [7, 11) is 0. The van der Waals surface area contributed by atoms with Gasteiger partial charge < -0.3 is 10.1 Å². The highest BCUT2D eigenvalue weighted by molar-refractivity contribution is 6.14. The van der Waals surface area contributed by atoms with Crippen LogP contribution in [0.4, 0.5) is 5.69 Å². The zero-order valence-corrected chi connectivity index (χ0v) is 17.1. The Morgan fingerprint density at radius 3 is 2.06 bits per heavy atom. The number of ketones is 2. The highest BCUT2D eigenvalue weighted by atomic mass is 16.5. The summed E-state index contributed by atoms with van der Waals surface area (Å²) < 4.78 is 5.30. The normalized spacial score (nSPS) is 11.3. The van der Waals surface area contributed by atoms with Crippen molar-refractivity contribution in [3.05, 3.63) is 101 Å². The lowest BCUT2D eigenvalue weighted by Gasteiger charge is -2.15. The Kier molecular flexibility index (Phi) is 6.72. The second-order valence-corrected chi connectivity index (χ2v) is 6.91. The molecular weight excluding hydrogens is 394 g/mol. The molecule has 3 aromatic rings. The molecule has 1 atom stereocenters. The summed E-state index contributed by atoms with van der Waals surface area (Å²) >= 11 is 0. The van der Waals surface area contributed by atoms with E-state index in [1.54, 1.807) is 72.8 Å². The predicted molar refractivity (Wildman–Crippen MR) is 116 cm³/mol. The van der Waals surface area contributed by atoms with Gasteiger partial charge in [-0.25, -0.2) is 4.79 Å². The number of ether oxygens (including phenoxy) is 1. The summed E-state index contributed by atoms with van der Waals surface area (Å²) in [6, 6.07) is 21.4. The van der Waals surface area contributed by atoms with Gasteiger partial charge in [0.2, 0.25) is 0 Å². The zero-order valence-electron chi connectivity index (χ0n) is 17.1. The minimum Gasteiger partial charge on any atom is -0.449 e. The topological polar surface area (TPSA) is 89.5 Å². The van der Waals surface area contributed by atoms with Gasteiger partial charge in [-0.1, -0.05) is 60.7 Å². The Bertz CT molecular complexity index is 1140. The van der Waals surface area contributed by atoms with Gasteiger partial charge in [-0.2, -0.15) is 0 Å². The molecule has 0 unspecified atom stereocenters. The second kappa shape index (κ2) is 9.63. The fourth-order valence-corrected chi connectivity index (χ4v) is 2.94. The molecule has 0 fully saturated rings. The molecule has 1 amide bonds. The molecule has 3 aromatic carbocycles. The molecule has 3 rings (SSSR count). The Labute approximate surface area is 179 Å². The summed E-state index contributed by atoms with van der Waals surface area (Å²) in [5.41, 5.74) is 1.59. The lowest BCUT2D eigenvalue weighted by molar-refractivity contribution is -0.123. The molecule has 156 valence electrons. The van der Waals surface area contributed by atoms with Crippen LogP contribution in [0.15, 0.2) is 78.9 Å². The Balaban J connectivity index is 1.73. The van der Waals surface area contributed by atoms with Gasteiger partial charge in [0.15, 0.2) is 17.7 Å². The van der Waals surface area contributed by atoms with E-state index in [1.807, 2.05) is 0 Å². The van der Waals surface area contributed by atoms with Gasteiger partial charge >= 0.3 is 5.97 Å². The van der Waals surface area contributed by atoms with Crippen LogP contribution < -0.4 is 5.32 Å². The van der Waals surface area contributed by atoms with Crippen molar-refractivity contribution >= 4 is 29.1 Å². The molecule has 6 nitrogen and oxygen atoms in total. The fourth-order valence-electron chi connectivity index (χ4n) is 2.94. The molecule has 0 saturated heterocycles. The molecule has 0 aliphatic rings. The van der Waals surface area contributed by atoms with Gasteiger partial charge in [0.1, 0.15) is 0 Å². The van der Waals surface area contributed by atoms with Crippen LogP contribution in [0.3, 0.4) is 0 Å². The lowest BCUT2D eigenvalue weighted by atomic mass is 9.98. The van der Waals surface area contributed by atoms with E-state index in [9.17, 15) is 19.2 Å². The molecule has 0 aliphatic carbocycles. The Morgan fingerprint density at radius 1 is 0.774 bits per heavy atom. The third-order valence-electron chi connectivity index (χ3n) is 4.62. The van der Waals surface area contributed by atoms with Crippen molar-refractivity contribution in [2.75, 3.05) is 5.32 Å². The average molecular weight is 415 g/mol. The summed E-state index contributed by atoms with van der Waals surface area (Å²) in [6.45, 7) is 2.86. The quantitative estimate of drug-likeness (QED) is 0.459. The van der Waals surface area contributed by atoms with Crippen molar-refractivity contribution < 1.29 is 23.9 Å². The van der Waals surface area contributed by atoms with Crippen LogP contribution in [-0.2, 0) is 9.53 Å². The number of Topliss-reactive ketones (excluding diaryl/α,β-unsaturated/α-hetero) is 1. The van der Waals surface area contributed by atoms with Crippen molar-refractivity contribution in [3.8, 4) is 0 Å². The summed E-state index contributed by atoms with van der Waals surface area (Å²) in [6.07, 6.45) is -1.12. The maximum absolute atomic E-state index is 12.8. The van der Waals surface area contributed by atoms with Crippen LogP contribution in [0.1, 0.15) is 50.5 Å². The van der Waals surface area contributed by atoms with Gasteiger partial charge in [-0.15, -0.1) is 0 Å². The van der Waals surface area contributed by atoms with Gasteiger partial charge in [0.05, 0.1) is 5.56 Å². The predicted octanol–water partition coefficient (Wildman–Crippen LogP) is 4.30. The second-order valence-electron chi connectivity index (χ2n) is 6.91. The monoisotopic (exact) mass is 415 g/mol. The van der Waals surface area contributed by atoms with Crippen LogP contribution in [0.2, 0.25) is 0 Å². The number of esters is 1. The summed E-state index contributed by atoms with van der Waals surface area (Å²) in [5, 5.41) is 2.62. The summed E-state index contributed by atoms with van der Waals surface area (Å²) in [5.74, 6) is -1.78. The fraction of sp³-hybridized carbons (Fsp3) is 0.120. The molecule has 6 heteroatoms. The minimum absolute atomic E-state index is 0.0783. The molecule has 0 aromatic heterocycles. The first-order chi connectivity index (χ1) is 14.9. The standard InChI is InChI=1S/C25H21NO5/c1-16(27)19-11-8-12-20(15-19)26-24(29)17(2)31-25(30)22-14-7-6-13-21(22)23(28)18-9-4-3-5-10-18/h3-15,17H,1-2H3,(H,26,29)/t17-/m1/s1. The van der Waals surface area contributed by atoms with Crippen molar-refractivity contribution in [1.82, 2.24) is 0 Å². The number of hydrogen-bond donors (Lipinski definition) is 1. The molecule has 0 heterocycles. The third-order valence-corrected chi connectivity index (χ3v) is 4.62. The maximum atomic E-state index is 12.8. The van der Waals surface area contributed by atoms with Crippen LogP contribution in [0.5, 0.6) is 0 Å². The average Bonchev–Trinajstić information content (AvgIpc) is 2.79. The van der Waals surface area contributed by atoms with Crippen molar-refractivity contribution in [2.45, 2.75) is 20.0 Å². The zero-order chi connectivity index (χ0) is 22.4. The molecule has 0 aliphatic heterocycles. The highest BCUT2D eigenvalue weighted by Gasteiger charge is 2.23. The van der Waals surface area contributed by atoms with E-state index in [0.29, 0.717) is 16.8 Å². The molecular formula is C25H21NO5. The lowest BCUT2D eigenvalue weighted by Crippen LogP contribution is -2.30. The van der Waals surface area contributed by atoms with Crippen molar-refractivity contribution in [2.24, 2.45) is 0 Å². The minimum atomic E-state index is -1.12. The van der Waals surface area contributed by atoms with Crippen LogP contribution in [-0.4, -0.2) is 29.5 Å². The van der Waals surface area contributed by atoms with E-state index < -0.39 is 18.0 Å².